The number of halogens is 2. The minimum atomic E-state index is -2.23. The average Bonchev–Trinajstić information content (AvgIpc) is 3.11. The maximum Gasteiger partial charge on any atom is 0.238 e. The molecule has 2 aromatic rings. The van der Waals surface area contributed by atoms with Crippen molar-refractivity contribution in [3.05, 3.63) is 23.5 Å². The standard InChI is InChI=1S/C21H27F2N7S/c1-14-11-25-20(26-18-9-15(2)28-31-18)27-19(14)29-12-21(13-29,5-6-24)30-7-3-16(4-8-30)10-17(22)23/h9,11,16-17H,3-5,7-8,10,12-13H2,1-2H3,(H,25,26,27). The van der Waals surface area contributed by atoms with Gasteiger partial charge < -0.3 is 10.2 Å². The van der Waals surface area contributed by atoms with Gasteiger partial charge in [-0.3, -0.25) is 4.90 Å². The molecule has 0 bridgehead atoms. The zero-order valence-corrected chi connectivity index (χ0v) is 18.6. The van der Waals surface area contributed by atoms with Crippen molar-refractivity contribution in [2.24, 2.45) is 5.92 Å². The Balaban J connectivity index is 1.43. The Morgan fingerprint density at radius 3 is 2.68 bits per heavy atom. The highest BCUT2D eigenvalue weighted by Gasteiger charge is 2.49. The molecule has 0 saturated carbocycles. The molecule has 0 amide bonds. The number of piperidine rings is 1. The van der Waals surface area contributed by atoms with Gasteiger partial charge in [-0.2, -0.15) is 14.6 Å². The van der Waals surface area contributed by atoms with Crippen LogP contribution >= 0.6 is 11.5 Å². The van der Waals surface area contributed by atoms with E-state index < -0.39 is 6.43 Å². The third-order valence-corrected chi connectivity index (χ3v) is 7.08. The van der Waals surface area contributed by atoms with Crippen LogP contribution in [0.25, 0.3) is 0 Å². The second-order valence-corrected chi connectivity index (χ2v) is 9.44. The molecule has 2 aliphatic heterocycles. The van der Waals surface area contributed by atoms with Crippen LogP contribution in [-0.2, 0) is 0 Å². The number of nitriles is 1. The van der Waals surface area contributed by atoms with Crippen LogP contribution in [0.1, 0.15) is 36.9 Å². The van der Waals surface area contributed by atoms with Gasteiger partial charge in [0.2, 0.25) is 12.4 Å². The molecule has 0 unspecified atom stereocenters. The van der Waals surface area contributed by atoms with E-state index in [4.69, 9.17) is 4.98 Å². The van der Waals surface area contributed by atoms with Crippen molar-refractivity contribution in [2.45, 2.75) is 51.5 Å². The van der Waals surface area contributed by atoms with Gasteiger partial charge >= 0.3 is 0 Å². The maximum absolute atomic E-state index is 12.7. The molecule has 0 aromatic carbocycles. The van der Waals surface area contributed by atoms with Crippen molar-refractivity contribution >= 4 is 28.3 Å². The largest absolute Gasteiger partial charge is 0.352 e. The third kappa shape index (κ3) is 4.77. The van der Waals surface area contributed by atoms with Crippen LogP contribution < -0.4 is 10.2 Å². The molecule has 31 heavy (non-hydrogen) atoms. The SMILES string of the molecule is Cc1cc(Nc2ncc(C)c(N3CC(CC#N)(N4CCC(CC(F)F)CC4)C3)n2)sn1. The van der Waals surface area contributed by atoms with Gasteiger partial charge in [-0.1, -0.05) is 0 Å². The smallest absolute Gasteiger partial charge is 0.238 e. The number of nitrogens with zero attached hydrogens (tertiary/aromatic N) is 6. The number of nitrogens with one attached hydrogen (secondary N) is 1. The van der Waals surface area contributed by atoms with Gasteiger partial charge in [-0.15, -0.1) is 0 Å². The Labute approximate surface area is 185 Å². The van der Waals surface area contributed by atoms with Crippen molar-refractivity contribution < 1.29 is 8.78 Å². The summed E-state index contributed by atoms with van der Waals surface area (Å²) in [5.74, 6) is 1.47. The van der Waals surface area contributed by atoms with Gasteiger partial charge in [0.05, 0.1) is 23.7 Å². The van der Waals surface area contributed by atoms with Crippen molar-refractivity contribution in [2.75, 3.05) is 36.4 Å². The van der Waals surface area contributed by atoms with Crippen LogP contribution in [0.4, 0.5) is 25.5 Å². The predicted molar refractivity (Wildman–Crippen MR) is 117 cm³/mol. The van der Waals surface area contributed by atoms with Crippen LogP contribution in [0, 0.1) is 31.1 Å². The molecule has 0 atom stereocenters. The maximum atomic E-state index is 12.7. The number of hydrogen-bond donors (Lipinski definition) is 1. The van der Waals surface area contributed by atoms with E-state index in [0.29, 0.717) is 25.5 Å². The van der Waals surface area contributed by atoms with Gasteiger partial charge in [0.25, 0.3) is 0 Å². The molecule has 2 fully saturated rings. The molecular weight excluding hydrogens is 420 g/mol. The Hall–Kier alpha value is -2.38. The number of aromatic nitrogens is 3. The zero-order valence-electron chi connectivity index (χ0n) is 17.8. The molecule has 0 aliphatic carbocycles. The summed E-state index contributed by atoms with van der Waals surface area (Å²) in [6.45, 7) is 6.87. The first-order valence-electron chi connectivity index (χ1n) is 10.6. The summed E-state index contributed by atoms with van der Waals surface area (Å²) < 4.78 is 29.7. The highest BCUT2D eigenvalue weighted by atomic mass is 32.1. The molecule has 2 aromatic heterocycles. The second-order valence-electron chi connectivity index (χ2n) is 8.63. The van der Waals surface area contributed by atoms with E-state index in [1.165, 1.54) is 11.5 Å². The fourth-order valence-electron chi connectivity index (χ4n) is 4.63. The van der Waals surface area contributed by atoms with E-state index in [2.05, 4.69) is 30.5 Å². The topological polar surface area (TPSA) is 81.0 Å². The normalized spacial score (nSPS) is 19.3. The van der Waals surface area contributed by atoms with E-state index >= 15 is 0 Å². The Bertz CT molecular complexity index is 943. The molecule has 2 aliphatic rings. The average molecular weight is 448 g/mol. The van der Waals surface area contributed by atoms with Gasteiger partial charge in [0, 0.05) is 31.3 Å². The lowest BCUT2D eigenvalue weighted by Crippen LogP contribution is -2.71. The summed E-state index contributed by atoms with van der Waals surface area (Å²) in [6, 6.07) is 4.30. The van der Waals surface area contributed by atoms with Gasteiger partial charge in [0.1, 0.15) is 10.8 Å². The van der Waals surface area contributed by atoms with Crippen LogP contribution in [0.5, 0.6) is 0 Å². The molecular formula is C21H27F2N7S. The van der Waals surface area contributed by atoms with Crippen molar-refractivity contribution in [1.82, 2.24) is 19.2 Å². The van der Waals surface area contributed by atoms with Gasteiger partial charge in [0.15, 0.2) is 0 Å². The first kappa shape index (κ1) is 21.8. The molecule has 2 saturated heterocycles. The van der Waals surface area contributed by atoms with E-state index in [1.54, 1.807) is 6.20 Å². The molecule has 0 spiro atoms. The quantitative estimate of drug-likeness (QED) is 0.683. The van der Waals surface area contributed by atoms with Crippen LogP contribution in [0.15, 0.2) is 12.3 Å². The number of anilines is 3. The summed E-state index contributed by atoms with van der Waals surface area (Å²) in [5.41, 5.74) is 1.69. The monoisotopic (exact) mass is 447 g/mol. The lowest BCUT2D eigenvalue weighted by Gasteiger charge is -2.57. The first-order chi connectivity index (χ1) is 14.9. The number of likely N-dealkylation sites (tertiary alicyclic amines) is 1. The fourth-order valence-corrected chi connectivity index (χ4v) is 5.28. The zero-order chi connectivity index (χ0) is 22.0. The van der Waals surface area contributed by atoms with Crippen LogP contribution in [0.3, 0.4) is 0 Å². The molecule has 4 rings (SSSR count). The fraction of sp³-hybridized carbons (Fsp3) is 0.619. The Morgan fingerprint density at radius 2 is 2.06 bits per heavy atom. The molecule has 7 nitrogen and oxygen atoms in total. The molecule has 0 radical (unpaired) electrons. The number of alkyl halides is 2. The summed E-state index contributed by atoms with van der Waals surface area (Å²) >= 11 is 1.37. The lowest BCUT2D eigenvalue weighted by atomic mass is 9.81. The summed E-state index contributed by atoms with van der Waals surface area (Å²) in [5, 5.41) is 13.6. The number of aryl methyl sites for hydroxylation is 2. The minimum absolute atomic E-state index is 0.0135. The third-order valence-electron chi connectivity index (χ3n) is 6.28. The number of rotatable bonds is 7. The minimum Gasteiger partial charge on any atom is -0.352 e. The molecule has 166 valence electrons. The highest BCUT2D eigenvalue weighted by Crippen LogP contribution is 2.38. The van der Waals surface area contributed by atoms with Gasteiger partial charge in [-0.25, -0.2) is 13.8 Å². The van der Waals surface area contributed by atoms with Crippen molar-refractivity contribution in [1.29, 1.82) is 5.26 Å². The van der Waals surface area contributed by atoms with E-state index in [1.807, 2.05) is 19.9 Å². The van der Waals surface area contributed by atoms with Crippen molar-refractivity contribution in [3.8, 4) is 6.07 Å². The van der Waals surface area contributed by atoms with E-state index in [9.17, 15) is 14.0 Å². The van der Waals surface area contributed by atoms with Crippen LogP contribution in [-0.4, -0.2) is 57.4 Å². The van der Waals surface area contributed by atoms with Gasteiger partial charge in [-0.05, 0) is 63.3 Å². The Kier molecular flexibility index (Phi) is 6.34. The summed E-state index contributed by atoms with van der Waals surface area (Å²) in [4.78, 5) is 13.6. The number of hydrogen-bond acceptors (Lipinski definition) is 8. The Morgan fingerprint density at radius 1 is 1.32 bits per heavy atom. The molecule has 10 heteroatoms. The van der Waals surface area contributed by atoms with E-state index in [-0.39, 0.29) is 17.9 Å². The highest BCUT2D eigenvalue weighted by molar-refractivity contribution is 7.10. The lowest BCUT2D eigenvalue weighted by molar-refractivity contribution is 0.0162. The molecule has 4 heterocycles. The predicted octanol–water partition coefficient (Wildman–Crippen LogP) is 4.13. The van der Waals surface area contributed by atoms with E-state index in [0.717, 1.165) is 48.0 Å². The van der Waals surface area contributed by atoms with Crippen LogP contribution in [0.2, 0.25) is 0 Å². The molecule has 1 N–H and O–H groups in total. The van der Waals surface area contributed by atoms with Crippen molar-refractivity contribution in [3.63, 3.8) is 0 Å². The summed E-state index contributed by atoms with van der Waals surface area (Å²) in [6.07, 6.45) is 1.53. The first-order valence-corrected chi connectivity index (χ1v) is 11.3. The summed E-state index contributed by atoms with van der Waals surface area (Å²) in [7, 11) is 0. The second kappa shape index (κ2) is 9.01.